The van der Waals surface area contributed by atoms with Crippen molar-refractivity contribution < 1.29 is 49.2 Å². The van der Waals surface area contributed by atoms with Crippen molar-refractivity contribution in [2.24, 2.45) is 5.92 Å². The summed E-state index contributed by atoms with van der Waals surface area (Å²) in [6.07, 6.45) is 1.21. The van der Waals surface area contributed by atoms with Crippen LogP contribution in [-0.4, -0.2) is 7.38 Å². The van der Waals surface area contributed by atoms with Gasteiger partial charge in [-0.2, -0.15) is 0 Å². The van der Waals surface area contributed by atoms with Crippen LogP contribution in [0.5, 0.6) is 0 Å². The second-order valence-corrected chi connectivity index (χ2v) is 14.8. The predicted molar refractivity (Wildman–Crippen MR) is 103 cm³/mol. The third kappa shape index (κ3) is 2.85. The summed E-state index contributed by atoms with van der Waals surface area (Å²) in [5.74, 6) is 0.532. The first-order valence-electron chi connectivity index (χ1n) is 9.01. The number of fused-ring (bicyclic) bond motifs is 2. The van der Waals surface area contributed by atoms with Crippen molar-refractivity contribution in [1.82, 2.24) is 0 Å². The molecule has 0 nitrogen and oxygen atoms in total. The second-order valence-electron chi connectivity index (χ2n) is 7.61. The van der Waals surface area contributed by atoms with Crippen LogP contribution in [0.3, 0.4) is 0 Å². The normalized spacial score (nSPS) is 28.8. The summed E-state index contributed by atoms with van der Waals surface area (Å²) < 4.78 is 0.679. The first kappa shape index (κ1) is 22.7. The molecular weight excluding hydrogens is 565 g/mol. The van der Waals surface area contributed by atoms with Gasteiger partial charge in [-0.1, -0.05) is 0 Å². The van der Waals surface area contributed by atoms with Gasteiger partial charge in [-0.05, 0) is 0 Å². The number of rotatable bonds is 3. The van der Waals surface area contributed by atoms with Crippen molar-refractivity contribution in [3.8, 4) is 0 Å². The van der Waals surface area contributed by atoms with Crippen molar-refractivity contribution in [2.45, 2.75) is 50.8 Å². The molecule has 26 heavy (non-hydrogen) atoms. The van der Waals surface area contributed by atoms with Crippen LogP contribution in [0, 0.1) is 5.92 Å². The summed E-state index contributed by atoms with van der Waals surface area (Å²) in [6.45, 7) is 11.5. The molecule has 3 aliphatic rings. The Morgan fingerprint density at radius 1 is 1.12 bits per heavy atom. The first-order valence-corrected chi connectivity index (χ1v) is 14.3. The van der Waals surface area contributed by atoms with Gasteiger partial charge in [0.25, 0.3) is 0 Å². The molecule has 0 saturated carbocycles. The topological polar surface area (TPSA) is 0 Å². The molecule has 0 saturated heterocycles. The van der Waals surface area contributed by atoms with E-state index in [1.54, 1.807) is 27.1 Å². The van der Waals surface area contributed by atoms with Gasteiger partial charge in [-0.25, -0.2) is 0 Å². The van der Waals surface area contributed by atoms with Gasteiger partial charge in [0.15, 0.2) is 0 Å². The second kappa shape index (κ2) is 7.67. The molecule has 1 aliphatic heterocycles. The summed E-state index contributed by atoms with van der Waals surface area (Å²) in [6, 6.07) is 8.23. The molecule has 1 aromatic rings. The van der Waals surface area contributed by atoms with Gasteiger partial charge in [-0.3, -0.25) is 0 Å². The van der Waals surface area contributed by atoms with Gasteiger partial charge in [0.2, 0.25) is 0 Å². The maximum atomic E-state index is 7.20. The summed E-state index contributed by atoms with van der Waals surface area (Å²) in [4.78, 5) is 0. The Bertz CT molecular complexity index is 868. The quantitative estimate of drug-likeness (QED) is 0.356. The van der Waals surface area contributed by atoms with Gasteiger partial charge in [0.1, 0.15) is 0 Å². The third-order valence-corrected chi connectivity index (χ3v) is 15.1. The van der Waals surface area contributed by atoms with Crippen molar-refractivity contribution >= 4 is 29.2 Å². The van der Waals surface area contributed by atoms with E-state index in [2.05, 4.69) is 52.8 Å². The van der Waals surface area contributed by atoms with E-state index in [4.69, 9.17) is 11.1 Å². The van der Waals surface area contributed by atoms with Crippen LogP contribution in [0.1, 0.15) is 61.4 Å². The molecule has 0 aromatic heterocycles. The third-order valence-electron chi connectivity index (χ3n) is 6.50. The number of hydrogen-bond donors (Lipinski definition) is 0. The van der Waals surface area contributed by atoms with Gasteiger partial charge >= 0.3 is 167 Å². The van der Waals surface area contributed by atoms with E-state index in [1.165, 1.54) is 59.1 Å². The minimum atomic E-state index is -1.72. The van der Waals surface area contributed by atoms with Crippen LogP contribution in [0.2, 0.25) is 6.04 Å². The average molecular weight is 589 g/mol. The number of halogens is 3. The zero-order valence-corrected chi connectivity index (χ0v) is 22.8. The van der Waals surface area contributed by atoms with Gasteiger partial charge in [0.05, 0.1) is 0 Å². The van der Waals surface area contributed by atoms with Crippen molar-refractivity contribution in [3.63, 3.8) is 0 Å². The van der Waals surface area contributed by atoms with Crippen LogP contribution in [-0.2, 0) is 24.4 Å². The Labute approximate surface area is 190 Å². The van der Waals surface area contributed by atoms with E-state index in [9.17, 15) is 0 Å². The number of benzene rings is 1. The molecule has 0 spiro atoms. The zero-order chi connectivity index (χ0) is 17.4. The molecule has 0 N–H and O–H groups in total. The van der Waals surface area contributed by atoms with Gasteiger partial charge < -0.3 is 24.8 Å². The minimum absolute atomic E-state index is 0. The molecule has 0 radical (unpaired) electrons. The molecule has 137 valence electrons. The largest absolute Gasteiger partial charge is 1.00 e. The van der Waals surface area contributed by atoms with E-state index in [-0.39, 0.29) is 24.8 Å². The van der Waals surface area contributed by atoms with E-state index >= 15 is 0 Å². The maximum Gasteiger partial charge on any atom is -1.00 e. The zero-order valence-electron chi connectivity index (χ0n) is 15.9. The number of allylic oxidation sites excluding steroid dienone is 5. The van der Waals surface area contributed by atoms with Gasteiger partial charge in [0, 0.05) is 0 Å². The van der Waals surface area contributed by atoms with Crippen LogP contribution in [0.15, 0.2) is 40.1 Å². The Balaban J connectivity index is 0.00000121. The first-order chi connectivity index (χ1) is 11.3. The Morgan fingerprint density at radius 3 is 2.31 bits per heavy atom. The number of hydrogen-bond acceptors (Lipinski definition) is 0. The van der Waals surface area contributed by atoms with Crippen LogP contribution < -0.4 is 24.8 Å². The van der Waals surface area contributed by atoms with E-state index < -0.39 is 7.38 Å². The maximum absolute atomic E-state index is 7.20. The monoisotopic (exact) mass is 589 g/mol. The standard InChI is InChI=1S/C21H24ClSi.2ClH.Hf/c1-6-10-23(22)18-11-16-8-7-9-17(20(16)21(18)23)19-14(4)12(2)13(3)15(19)5;;;/h7-9,11,14H,6,10H2,1-5H3;2*1H;/q;;;+2/p-2. The fourth-order valence-electron chi connectivity index (χ4n) is 4.90. The summed E-state index contributed by atoms with van der Waals surface area (Å²) in [5, 5.41) is 3.33. The molecular formula is C21H24Cl3HfSi. The van der Waals surface area contributed by atoms with E-state index in [0.29, 0.717) is 9.59 Å². The molecule has 0 bridgehead atoms. The molecule has 3 unspecified atom stereocenters. The van der Waals surface area contributed by atoms with Crippen molar-refractivity contribution in [1.29, 1.82) is 0 Å². The fraction of sp³-hybridized carbons (Fsp3) is 0.429. The van der Waals surface area contributed by atoms with E-state index in [0.717, 1.165) is 0 Å². The predicted octanol–water partition coefficient (Wildman–Crippen LogP) is 0.496. The molecule has 5 heteroatoms. The molecule has 2 aliphatic carbocycles. The molecule has 1 heterocycles. The Hall–Kier alpha value is 0.397. The molecule has 3 atom stereocenters. The molecule has 1 aromatic carbocycles. The fourth-order valence-corrected chi connectivity index (χ4v) is 16.2. The molecule has 0 amide bonds. The average Bonchev–Trinajstić information content (AvgIpc) is 2.94. The summed E-state index contributed by atoms with van der Waals surface area (Å²) >= 11 is 8.40. The minimum Gasteiger partial charge on any atom is -1.00 e. The Morgan fingerprint density at radius 2 is 1.77 bits per heavy atom. The molecule has 4 rings (SSSR count). The van der Waals surface area contributed by atoms with Crippen LogP contribution in [0.4, 0.5) is 0 Å². The smallest absolute Gasteiger partial charge is 1.00 e. The van der Waals surface area contributed by atoms with Crippen LogP contribution >= 0.6 is 11.1 Å². The van der Waals surface area contributed by atoms with Gasteiger partial charge in [-0.15, -0.1) is 0 Å². The van der Waals surface area contributed by atoms with Crippen molar-refractivity contribution in [2.75, 3.05) is 0 Å². The Kier molecular flexibility index (Phi) is 6.69. The summed E-state index contributed by atoms with van der Waals surface area (Å²) in [7, 11) is -1.72. The summed E-state index contributed by atoms with van der Waals surface area (Å²) in [5.41, 5.74) is 10.7. The SMILES string of the molecule is CCC[Si]1(Cl)C2=C1[CH]([Hf+2])c1cccc(C3=C(C)C(C)=C(C)C3C)c12.[Cl-].[Cl-]. The molecule has 0 fully saturated rings. The van der Waals surface area contributed by atoms with Crippen LogP contribution in [0.25, 0.3) is 10.8 Å². The van der Waals surface area contributed by atoms with E-state index in [1.807, 2.05) is 0 Å². The van der Waals surface area contributed by atoms with Crippen molar-refractivity contribution in [3.05, 3.63) is 56.8 Å².